The van der Waals surface area contributed by atoms with E-state index in [1.165, 1.54) is 17.0 Å². The summed E-state index contributed by atoms with van der Waals surface area (Å²) in [5, 5.41) is 0.294. The normalized spacial score (nSPS) is 17.8. The van der Waals surface area contributed by atoms with E-state index in [-0.39, 0.29) is 12.7 Å². The number of likely N-dealkylation sites (N-methyl/N-ethyl adjacent to an activating group) is 1. The Morgan fingerprint density at radius 1 is 1.16 bits per heavy atom. The lowest BCUT2D eigenvalue weighted by Gasteiger charge is -2.16. The van der Waals surface area contributed by atoms with Crippen LogP contribution in [0, 0.1) is 5.82 Å². The number of halogens is 1. The zero-order valence-electron chi connectivity index (χ0n) is 13.2. The molecular weight excluding hydrogens is 343 g/mol. The topological polar surface area (TPSA) is 42.0 Å². The molecule has 0 aliphatic carbocycles. The summed E-state index contributed by atoms with van der Waals surface area (Å²) >= 11 is 5.36. The summed E-state index contributed by atoms with van der Waals surface area (Å²) in [5.74, 6) is 0.567. The van der Waals surface area contributed by atoms with Crippen molar-refractivity contribution >= 4 is 35.0 Å². The van der Waals surface area contributed by atoms with Crippen molar-refractivity contribution in [3.8, 4) is 11.5 Å². The molecule has 2 aliphatic heterocycles. The molecule has 1 amide bonds. The average molecular weight is 356 g/mol. The summed E-state index contributed by atoms with van der Waals surface area (Å²) in [6.07, 6.45) is 1.72. The predicted octanol–water partition coefficient (Wildman–Crippen LogP) is 3.16. The Kier molecular flexibility index (Phi) is 3.65. The first-order chi connectivity index (χ1) is 12.0. The molecular formula is C18H13FN2O3S. The van der Waals surface area contributed by atoms with Gasteiger partial charge in [-0.1, -0.05) is 12.1 Å². The van der Waals surface area contributed by atoms with Gasteiger partial charge in [-0.15, -0.1) is 0 Å². The zero-order valence-corrected chi connectivity index (χ0v) is 14.0. The van der Waals surface area contributed by atoms with Crippen LogP contribution in [0.2, 0.25) is 0 Å². The summed E-state index contributed by atoms with van der Waals surface area (Å²) in [7, 11) is 1.71. The maximum absolute atomic E-state index is 13.5. The van der Waals surface area contributed by atoms with Crippen LogP contribution in [-0.4, -0.2) is 29.8 Å². The van der Waals surface area contributed by atoms with Gasteiger partial charge >= 0.3 is 0 Å². The smallest absolute Gasteiger partial charge is 0.281 e. The van der Waals surface area contributed by atoms with Gasteiger partial charge in [-0.2, -0.15) is 0 Å². The predicted molar refractivity (Wildman–Crippen MR) is 94.8 cm³/mol. The first-order valence-corrected chi connectivity index (χ1v) is 7.94. The van der Waals surface area contributed by atoms with Gasteiger partial charge in [0.05, 0.1) is 5.69 Å². The molecule has 25 heavy (non-hydrogen) atoms. The zero-order chi connectivity index (χ0) is 17.6. The van der Waals surface area contributed by atoms with Crippen LogP contribution in [0.5, 0.6) is 11.5 Å². The van der Waals surface area contributed by atoms with E-state index in [4.69, 9.17) is 21.7 Å². The second-order valence-corrected chi connectivity index (χ2v) is 5.97. The summed E-state index contributed by atoms with van der Waals surface area (Å²) < 4.78 is 24.1. The van der Waals surface area contributed by atoms with Crippen molar-refractivity contribution < 1.29 is 18.7 Å². The number of amides is 1. The summed E-state index contributed by atoms with van der Waals surface area (Å²) in [6, 6.07) is 11.2. The fourth-order valence-electron chi connectivity index (χ4n) is 2.76. The molecule has 5 nitrogen and oxygen atoms in total. The lowest BCUT2D eigenvalue weighted by Crippen LogP contribution is -2.31. The van der Waals surface area contributed by atoms with Crippen LogP contribution >= 0.6 is 12.2 Å². The van der Waals surface area contributed by atoms with Gasteiger partial charge in [0.2, 0.25) is 6.79 Å². The molecule has 0 bridgehead atoms. The molecule has 0 aromatic heterocycles. The van der Waals surface area contributed by atoms with E-state index in [1.807, 2.05) is 6.07 Å². The largest absolute Gasteiger partial charge is 0.454 e. The van der Waals surface area contributed by atoms with Gasteiger partial charge in [0.1, 0.15) is 11.5 Å². The number of benzene rings is 2. The Hall–Kier alpha value is -2.93. The molecule has 7 heteroatoms. The minimum atomic E-state index is -0.427. The summed E-state index contributed by atoms with van der Waals surface area (Å²) in [6.45, 7) is 0.186. The van der Waals surface area contributed by atoms with Crippen LogP contribution in [0.25, 0.3) is 6.08 Å². The molecule has 2 heterocycles. The van der Waals surface area contributed by atoms with Crippen molar-refractivity contribution in [3.63, 3.8) is 0 Å². The third-order valence-corrected chi connectivity index (χ3v) is 4.48. The van der Waals surface area contributed by atoms with Gasteiger partial charge in [-0.25, -0.2) is 4.39 Å². The van der Waals surface area contributed by atoms with Crippen LogP contribution in [0.3, 0.4) is 0 Å². The number of ether oxygens (including phenoxy) is 2. The number of carbonyl (C=O) groups excluding carboxylic acids is 1. The average Bonchev–Trinajstić information content (AvgIpc) is 3.13. The molecule has 2 aromatic rings. The summed E-state index contributed by atoms with van der Waals surface area (Å²) in [4.78, 5) is 15.7. The Bertz CT molecular complexity index is 928. The van der Waals surface area contributed by atoms with E-state index in [9.17, 15) is 9.18 Å². The number of fused-ring (bicyclic) bond motifs is 1. The molecule has 1 saturated heterocycles. The second kappa shape index (κ2) is 5.86. The van der Waals surface area contributed by atoms with Crippen LogP contribution < -0.4 is 14.4 Å². The van der Waals surface area contributed by atoms with Gasteiger partial charge in [0.15, 0.2) is 16.6 Å². The monoisotopic (exact) mass is 356 g/mol. The van der Waals surface area contributed by atoms with Crippen molar-refractivity contribution in [1.82, 2.24) is 4.90 Å². The number of rotatable bonds is 2. The van der Waals surface area contributed by atoms with E-state index in [0.717, 1.165) is 5.56 Å². The van der Waals surface area contributed by atoms with Gasteiger partial charge in [0.25, 0.3) is 5.91 Å². The molecule has 0 unspecified atom stereocenters. The molecule has 0 N–H and O–H groups in total. The molecule has 0 atom stereocenters. The number of anilines is 1. The number of thiocarbonyl (C=S) groups is 1. The van der Waals surface area contributed by atoms with Gasteiger partial charge in [0, 0.05) is 7.05 Å². The second-order valence-electron chi connectivity index (χ2n) is 5.60. The fraction of sp³-hybridized carbons (Fsp3) is 0.111. The first kappa shape index (κ1) is 15.6. The number of carbonyl (C=O) groups is 1. The Labute approximate surface area is 148 Å². The Morgan fingerprint density at radius 2 is 1.96 bits per heavy atom. The highest BCUT2D eigenvalue weighted by molar-refractivity contribution is 7.80. The maximum Gasteiger partial charge on any atom is 0.281 e. The highest BCUT2D eigenvalue weighted by atomic mass is 32.1. The molecule has 0 spiro atoms. The highest BCUT2D eigenvalue weighted by Crippen LogP contribution is 2.34. The van der Waals surface area contributed by atoms with Gasteiger partial charge in [-0.3, -0.25) is 9.69 Å². The van der Waals surface area contributed by atoms with Crippen LogP contribution in [0.1, 0.15) is 5.56 Å². The molecule has 2 aromatic carbocycles. The van der Waals surface area contributed by atoms with Gasteiger partial charge < -0.3 is 14.4 Å². The van der Waals surface area contributed by atoms with Crippen molar-refractivity contribution in [2.75, 3.05) is 18.7 Å². The standard InChI is InChI=1S/C18H13FN2O3S/c1-20-14(7-11-5-6-15-16(8-11)24-10-23-15)17(22)21(18(20)25)13-4-2-3-12(19)9-13/h2-9H,10H2,1H3/b14-7+. The van der Waals surface area contributed by atoms with E-state index in [1.54, 1.807) is 42.3 Å². The van der Waals surface area contributed by atoms with E-state index in [2.05, 4.69) is 0 Å². The number of nitrogens with zero attached hydrogens (tertiary/aromatic N) is 2. The Balaban J connectivity index is 1.71. The minimum absolute atomic E-state index is 0.186. The maximum atomic E-state index is 13.5. The number of hydrogen-bond donors (Lipinski definition) is 0. The molecule has 126 valence electrons. The quantitative estimate of drug-likeness (QED) is 0.611. The lowest BCUT2D eigenvalue weighted by atomic mass is 10.1. The van der Waals surface area contributed by atoms with Crippen LogP contribution in [0.4, 0.5) is 10.1 Å². The molecule has 0 saturated carbocycles. The van der Waals surface area contributed by atoms with Crippen molar-refractivity contribution in [2.24, 2.45) is 0 Å². The van der Waals surface area contributed by atoms with Crippen molar-refractivity contribution in [1.29, 1.82) is 0 Å². The van der Waals surface area contributed by atoms with E-state index in [0.29, 0.717) is 28.0 Å². The molecule has 4 rings (SSSR count). The third-order valence-electron chi connectivity index (χ3n) is 4.03. The van der Waals surface area contributed by atoms with Gasteiger partial charge in [-0.05, 0) is 54.2 Å². The molecule has 0 radical (unpaired) electrons. The number of hydrogen-bond acceptors (Lipinski definition) is 4. The van der Waals surface area contributed by atoms with Crippen molar-refractivity contribution in [3.05, 3.63) is 59.5 Å². The third kappa shape index (κ3) is 2.62. The van der Waals surface area contributed by atoms with E-state index < -0.39 is 5.82 Å². The molecule has 1 fully saturated rings. The minimum Gasteiger partial charge on any atom is -0.454 e. The SMILES string of the molecule is CN1C(=S)N(c2cccc(F)c2)C(=O)/C1=C\c1ccc2c(c1)OCO2. The van der Waals surface area contributed by atoms with Crippen molar-refractivity contribution in [2.45, 2.75) is 0 Å². The summed E-state index contributed by atoms with van der Waals surface area (Å²) in [5.41, 5.74) is 1.58. The highest BCUT2D eigenvalue weighted by Gasteiger charge is 2.37. The Morgan fingerprint density at radius 3 is 2.76 bits per heavy atom. The van der Waals surface area contributed by atoms with E-state index >= 15 is 0 Å². The first-order valence-electron chi connectivity index (χ1n) is 7.53. The fourth-order valence-corrected chi connectivity index (χ4v) is 3.05. The van der Waals surface area contributed by atoms with Crippen LogP contribution in [-0.2, 0) is 4.79 Å². The lowest BCUT2D eigenvalue weighted by molar-refractivity contribution is -0.114. The molecule has 2 aliphatic rings. The van der Waals surface area contributed by atoms with Crippen LogP contribution in [0.15, 0.2) is 48.2 Å².